The van der Waals surface area contributed by atoms with Gasteiger partial charge in [-0.15, -0.1) is 0 Å². The molecule has 0 saturated heterocycles. The number of rotatable bonds is 8. The average molecular weight is 331 g/mol. The molecule has 0 bridgehead atoms. The Balaban J connectivity index is 1.87. The lowest BCUT2D eigenvalue weighted by Gasteiger charge is -2.11. The Labute approximate surface area is 142 Å². The standard InChI is InChI=1S/C18H25N3O3/c1-13-16(14(2)21(3)20-13)8-9-18(23)19-12-15-6-4-5-7-17(15)24-11-10-22/h4-7,22H,8-12H2,1-3H3,(H,19,23). The highest BCUT2D eigenvalue weighted by Gasteiger charge is 2.12. The Morgan fingerprint density at radius 3 is 2.75 bits per heavy atom. The van der Waals surface area contributed by atoms with E-state index in [-0.39, 0.29) is 19.1 Å². The molecule has 0 spiro atoms. The summed E-state index contributed by atoms with van der Waals surface area (Å²) in [4.78, 5) is 12.1. The maximum atomic E-state index is 12.1. The van der Waals surface area contributed by atoms with Gasteiger partial charge in [-0.1, -0.05) is 18.2 Å². The van der Waals surface area contributed by atoms with Crippen LogP contribution < -0.4 is 10.1 Å². The van der Waals surface area contributed by atoms with Crippen molar-refractivity contribution in [2.24, 2.45) is 7.05 Å². The zero-order chi connectivity index (χ0) is 17.5. The minimum atomic E-state index is -0.0372. The Morgan fingerprint density at radius 2 is 2.08 bits per heavy atom. The lowest BCUT2D eigenvalue weighted by atomic mass is 10.1. The molecule has 0 aliphatic rings. The molecule has 1 amide bonds. The van der Waals surface area contributed by atoms with E-state index in [4.69, 9.17) is 9.84 Å². The van der Waals surface area contributed by atoms with Crippen LogP contribution in [0.25, 0.3) is 0 Å². The molecule has 24 heavy (non-hydrogen) atoms. The highest BCUT2D eigenvalue weighted by molar-refractivity contribution is 5.76. The van der Waals surface area contributed by atoms with Crippen LogP contribution in [0.5, 0.6) is 5.75 Å². The topological polar surface area (TPSA) is 76.4 Å². The summed E-state index contributed by atoms with van der Waals surface area (Å²) in [7, 11) is 1.91. The first kappa shape index (κ1) is 18.0. The monoisotopic (exact) mass is 331 g/mol. The maximum Gasteiger partial charge on any atom is 0.220 e. The molecule has 0 fully saturated rings. The molecular weight excluding hydrogens is 306 g/mol. The number of aryl methyl sites for hydroxylation is 2. The normalized spacial score (nSPS) is 10.7. The molecular formula is C18H25N3O3. The molecule has 6 heteroatoms. The summed E-state index contributed by atoms with van der Waals surface area (Å²) >= 11 is 0. The van der Waals surface area contributed by atoms with E-state index in [0.29, 0.717) is 25.1 Å². The minimum Gasteiger partial charge on any atom is -0.491 e. The van der Waals surface area contributed by atoms with E-state index in [0.717, 1.165) is 22.5 Å². The van der Waals surface area contributed by atoms with E-state index >= 15 is 0 Å². The summed E-state index contributed by atoms with van der Waals surface area (Å²) in [6.07, 6.45) is 1.10. The van der Waals surface area contributed by atoms with Crippen LogP contribution >= 0.6 is 0 Å². The third-order valence-corrected chi connectivity index (χ3v) is 4.06. The number of benzene rings is 1. The van der Waals surface area contributed by atoms with E-state index in [1.165, 1.54) is 0 Å². The molecule has 0 aliphatic heterocycles. The summed E-state index contributed by atoms with van der Waals surface area (Å²) in [5.41, 5.74) is 4.11. The number of hydrogen-bond acceptors (Lipinski definition) is 4. The highest BCUT2D eigenvalue weighted by Crippen LogP contribution is 2.18. The van der Waals surface area contributed by atoms with Crippen LogP contribution in [0.4, 0.5) is 0 Å². The van der Waals surface area contributed by atoms with E-state index in [2.05, 4.69) is 10.4 Å². The predicted molar refractivity (Wildman–Crippen MR) is 91.9 cm³/mol. The minimum absolute atomic E-state index is 0.00499. The Hall–Kier alpha value is -2.34. The number of nitrogens with zero attached hydrogens (tertiary/aromatic N) is 2. The molecule has 1 aromatic carbocycles. The molecule has 0 atom stereocenters. The second kappa shape index (κ2) is 8.49. The zero-order valence-electron chi connectivity index (χ0n) is 14.5. The van der Waals surface area contributed by atoms with Crippen LogP contribution in [0, 0.1) is 13.8 Å². The van der Waals surface area contributed by atoms with Gasteiger partial charge in [0.25, 0.3) is 0 Å². The number of nitrogens with one attached hydrogen (secondary N) is 1. The number of aliphatic hydroxyl groups excluding tert-OH is 1. The van der Waals surface area contributed by atoms with E-state index in [1.807, 2.05) is 49.8 Å². The molecule has 2 rings (SSSR count). The highest BCUT2D eigenvalue weighted by atomic mass is 16.5. The second-order valence-electron chi connectivity index (χ2n) is 5.73. The van der Waals surface area contributed by atoms with Gasteiger partial charge in [-0.25, -0.2) is 0 Å². The Bertz CT molecular complexity index is 695. The molecule has 2 N–H and O–H groups in total. The molecule has 1 heterocycles. The van der Waals surface area contributed by atoms with E-state index < -0.39 is 0 Å². The molecule has 0 aliphatic carbocycles. The summed E-state index contributed by atoms with van der Waals surface area (Å²) < 4.78 is 7.31. The number of amides is 1. The van der Waals surface area contributed by atoms with Crippen LogP contribution in [-0.4, -0.2) is 34.0 Å². The fourth-order valence-corrected chi connectivity index (χ4v) is 2.65. The van der Waals surface area contributed by atoms with Crippen molar-refractivity contribution in [3.05, 3.63) is 46.8 Å². The van der Waals surface area contributed by atoms with Crippen molar-refractivity contribution in [1.82, 2.24) is 15.1 Å². The van der Waals surface area contributed by atoms with Gasteiger partial charge in [0.15, 0.2) is 0 Å². The number of carbonyl (C=O) groups is 1. The summed E-state index contributed by atoms with van der Waals surface area (Å²) in [5, 5.41) is 16.2. The van der Waals surface area contributed by atoms with Gasteiger partial charge in [-0.05, 0) is 31.9 Å². The summed E-state index contributed by atoms with van der Waals surface area (Å²) in [6, 6.07) is 7.50. The van der Waals surface area contributed by atoms with Crippen LogP contribution in [0.2, 0.25) is 0 Å². The van der Waals surface area contributed by atoms with Crippen molar-refractivity contribution in [1.29, 1.82) is 0 Å². The second-order valence-corrected chi connectivity index (χ2v) is 5.73. The van der Waals surface area contributed by atoms with Crippen LogP contribution in [-0.2, 0) is 24.8 Å². The smallest absolute Gasteiger partial charge is 0.220 e. The van der Waals surface area contributed by atoms with Gasteiger partial charge >= 0.3 is 0 Å². The maximum absolute atomic E-state index is 12.1. The molecule has 130 valence electrons. The van der Waals surface area contributed by atoms with Crippen molar-refractivity contribution in [2.75, 3.05) is 13.2 Å². The molecule has 0 saturated carbocycles. The largest absolute Gasteiger partial charge is 0.491 e. The van der Waals surface area contributed by atoms with Crippen molar-refractivity contribution < 1.29 is 14.6 Å². The number of aliphatic hydroxyl groups is 1. The van der Waals surface area contributed by atoms with Crippen LogP contribution in [0.15, 0.2) is 24.3 Å². The van der Waals surface area contributed by atoms with Crippen molar-refractivity contribution >= 4 is 5.91 Å². The van der Waals surface area contributed by atoms with Crippen LogP contribution in [0.3, 0.4) is 0 Å². The first-order valence-electron chi connectivity index (χ1n) is 8.10. The fraction of sp³-hybridized carbons (Fsp3) is 0.444. The van der Waals surface area contributed by atoms with E-state index in [1.54, 1.807) is 0 Å². The van der Waals surface area contributed by atoms with Gasteiger partial charge in [0.2, 0.25) is 5.91 Å². The number of ether oxygens (including phenoxy) is 1. The lowest BCUT2D eigenvalue weighted by molar-refractivity contribution is -0.121. The molecule has 0 unspecified atom stereocenters. The van der Waals surface area contributed by atoms with Gasteiger partial charge in [0, 0.05) is 31.3 Å². The molecule has 1 aromatic heterocycles. The molecule has 0 radical (unpaired) electrons. The van der Waals surface area contributed by atoms with Crippen molar-refractivity contribution in [2.45, 2.75) is 33.2 Å². The van der Waals surface area contributed by atoms with Gasteiger partial charge in [0.1, 0.15) is 12.4 Å². The summed E-state index contributed by atoms with van der Waals surface area (Å²) in [5.74, 6) is 0.681. The third kappa shape index (κ3) is 4.58. The van der Waals surface area contributed by atoms with Gasteiger partial charge in [-0.2, -0.15) is 5.10 Å². The SMILES string of the molecule is Cc1nn(C)c(C)c1CCC(=O)NCc1ccccc1OCCO. The summed E-state index contributed by atoms with van der Waals surface area (Å²) in [6.45, 7) is 4.59. The molecule has 6 nitrogen and oxygen atoms in total. The van der Waals surface area contributed by atoms with Gasteiger partial charge < -0.3 is 15.2 Å². The van der Waals surface area contributed by atoms with Crippen LogP contribution in [0.1, 0.15) is 28.9 Å². The number of carbonyl (C=O) groups excluding carboxylic acids is 1. The average Bonchev–Trinajstić information content (AvgIpc) is 2.82. The Morgan fingerprint density at radius 1 is 1.33 bits per heavy atom. The number of hydrogen-bond donors (Lipinski definition) is 2. The number of aromatic nitrogens is 2. The van der Waals surface area contributed by atoms with Crippen molar-refractivity contribution in [3.63, 3.8) is 0 Å². The van der Waals surface area contributed by atoms with Gasteiger partial charge in [0.05, 0.1) is 12.3 Å². The Kier molecular flexibility index (Phi) is 6.37. The number of para-hydroxylation sites is 1. The quantitative estimate of drug-likeness (QED) is 0.771. The lowest BCUT2D eigenvalue weighted by Crippen LogP contribution is -2.23. The van der Waals surface area contributed by atoms with Gasteiger partial charge in [-0.3, -0.25) is 9.48 Å². The molecule has 2 aromatic rings. The first-order chi connectivity index (χ1) is 11.5. The first-order valence-corrected chi connectivity index (χ1v) is 8.10. The fourth-order valence-electron chi connectivity index (χ4n) is 2.65. The van der Waals surface area contributed by atoms with E-state index in [9.17, 15) is 4.79 Å². The predicted octanol–water partition coefficient (Wildman–Crippen LogP) is 1.66. The third-order valence-electron chi connectivity index (χ3n) is 4.06. The van der Waals surface area contributed by atoms with Crippen molar-refractivity contribution in [3.8, 4) is 5.75 Å². The zero-order valence-corrected chi connectivity index (χ0v) is 14.5.